The van der Waals surface area contributed by atoms with Gasteiger partial charge in [0, 0.05) is 0 Å². The van der Waals surface area contributed by atoms with Crippen molar-refractivity contribution >= 4 is 14.7 Å². The molecule has 0 spiro atoms. The molecular weight excluding hydrogens is 148 g/mol. The highest BCUT2D eigenvalue weighted by Gasteiger charge is 1.98. The fourth-order valence-corrected chi connectivity index (χ4v) is 2.44. The number of rotatable bonds is 2. The summed E-state index contributed by atoms with van der Waals surface area (Å²) in [5.74, 6) is 0. The molecule has 0 fully saturated rings. The average molecular weight is 163 g/mol. The SMILES string of the molecule is CC[SiH]c1cccc(C)c1C. The molecule has 0 saturated carbocycles. The molecule has 1 radical (unpaired) electrons. The average Bonchev–Trinajstić information content (AvgIpc) is 1.99. The van der Waals surface area contributed by atoms with Crippen molar-refractivity contribution in [2.24, 2.45) is 0 Å². The zero-order valence-corrected chi connectivity index (χ0v) is 8.67. The van der Waals surface area contributed by atoms with Gasteiger partial charge in [-0.15, -0.1) is 0 Å². The molecule has 0 amide bonds. The maximum Gasteiger partial charge on any atom is 0.0668 e. The van der Waals surface area contributed by atoms with Crippen LogP contribution >= 0.6 is 0 Å². The third-order valence-electron chi connectivity index (χ3n) is 2.07. The summed E-state index contributed by atoms with van der Waals surface area (Å²) in [7, 11) is 0.516. The molecule has 1 aromatic carbocycles. The molecule has 1 rings (SSSR count). The van der Waals surface area contributed by atoms with Crippen LogP contribution in [0.5, 0.6) is 0 Å². The van der Waals surface area contributed by atoms with Crippen molar-refractivity contribution in [2.45, 2.75) is 26.8 Å². The Balaban J connectivity index is 2.96. The number of hydrogen-bond donors (Lipinski definition) is 0. The van der Waals surface area contributed by atoms with Gasteiger partial charge in [-0.25, -0.2) is 0 Å². The second kappa shape index (κ2) is 3.72. The van der Waals surface area contributed by atoms with E-state index in [4.69, 9.17) is 0 Å². The van der Waals surface area contributed by atoms with Crippen LogP contribution in [0.4, 0.5) is 0 Å². The monoisotopic (exact) mass is 163 g/mol. The fraction of sp³-hybridized carbons (Fsp3) is 0.400. The van der Waals surface area contributed by atoms with Gasteiger partial charge in [0.25, 0.3) is 0 Å². The molecule has 59 valence electrons. The number of aryl methyl sites for hydroxylation is 1. The maximum atomic E-state index is 2.27. The normalized spacial score (nSPS) is 10.1. The molecule has 0 unspecified atom stereocenters. The van der Waals surface area contributed by atoms with E-state index in [1.54, 1.807) is 5.19 Å². The Morgan fingerprint density at radius 2 is 2.00 bits per heavy atom. The largest absolute Gasteiger partial charge is 0.0679 e. The second-order valence-corrected chi connectivity index (χ2v) is 4.75. The second-order valence-electron chi connectivity index (χ2n) is 2.90. The van der Waals surface area contributed by atoms with E-state index in [2.05, 4.69) is 39.0 Å². The van der Waals surface area contributed by atoms with Crippen molar-refractivity contribution in [3.63, 3.8) is 0 Å². The third kappa shape index (κ3) is 1.93. The first-order chi connectivity index (χ1) is 5.25. The lowest BCUT2D eigenvalue weighted by Crippen LogP contribution is -2.16. The van der Waals surface area contributed by atoms with Gasteiger partial charge in [0.1, 0.15) is 0 Å². The Hall–Kier alpha value is -0.563. The summed E-state index contributed by atoms with van der Waals surface area (Å²) in [5, 5.41) is 1.59. The zero-order valence-electron chi connectivity index (χ0n) is 7.52. The van der Waals surface area contributed by atoms with Gasteiger partial charge in [0.15, 0.2) is 0 Å². The fourth-order valence-electron chi connectivity index (χ4n) is 1.21. The van der Waals surface area contributed by atoms with E-state index < -0.39 is 0 Å². The quantitative estimate of drug-likeness (QED) is 0.583. The van der Waals surface area contributed by atoms with Gasteiger partial charge in [-0.2, -0.15) is 0 Å². The van der Waals surface area contributed by atoms with Crippen LogP contribution in [0.15, 0.2) is 18.2 Å². The van der Waals surface area contributed by atoms with Crippen LogP contribution in [0.3, 0.4) is 0 Å². The van der Waals surface area contributed by atoms with Crippen LogP contribution in [0.2, 0.25) is 6.04 Å². The van der Waals surface area contributed by atoms with E-state index in [-0.39, 0.29) is 0 Å². The first-order valence-electron chi connectivity index (χ1n) is 4.15. The molecule has 0 aromatic heterocycles. The lowest BCUT2D eigenvalue weighted by atomic mass is 10.1. The van der Waals surface area contributed by atoms with Crippen molar-refractivity contribution in [1.82, 2.24) is 0 Å². The molecule has 0 N–H and O–H groups in total. The first kappa shape index (κ1) is 8.53. The molecule has 0 nitrogen and oxygen atoms in total. The standard InChI is InChI=1S/C10H15Si/c1-4-11-10-7-5-6-8(2)9(10)3/h5-7,11H,4H2,1-3H3. The summed E-state index contributed by atoms with van der Waals surface area (Å²) >= 11 is 0. The lowest BCUT2D eigenvalue weighted by Gasteiger charge is -2.05. The summed E-state index contributed by atoms with van der Waals surface area (Å²) < 4.78 is 0. The predicted octanol–water partition coefficient (Wildman–Crippen LogP) is 1.80. The Kier molecular flexibility index (Phi) is 2.89. The van der Waals surface area contributed by atoms with Crippen molar-refractivity contribution in [3.8, 4) is 0 Å². The Bertz CT molecular complexity index is 241. The molecule has 0 bridgehead atoms. The molecule has 1 heteroatoms. The molecule has 0 aliphatic carbocycles. The van der Waals surface area contributed by atoms with Crippen LogP contribution in [-0.2, 0) is 0 Å². The number of hydrogen-bond acceptors (Lipinski definition) is 0. The molecule has 0 aliphatic rings. The highest BCUT2D eigenvalue weighted by atomic mass is 28.2. The molecule has 11 heavy (non-hydrogen) atoms. The molecule has 0 heterocycles. The Morgan fingerprint density at radius 3 is 2.64 bits per heavy atom. The first-order valence-corrected chi connectivity index (χ1v) is 5.54. The van der Waals surface area contributed by atoms with Crippen LogP contribution < -0.4 is 5.19 Å². The van der Waals surface area contributed by atoms with Gasteiger partial charge in [-0.1, -0.05) is 36.4 Å². The minimum absolute atomic E-state index is 0.516. The summed E-state index contributed by atoms with van der Waals surface area (Å²) in [6.45, 7) is 6.68. The minimum atomic E-state index is 0.516. The van der Waals surface area contributed by atoms with E-state index >= 15 is 0 Å². The van der Waals surface area contributed by atoms with Crippen molar-refractivity contribution < 1.29 is 0 Å². The third-order valence-corrected chi connectivity index (χ3v) is 3.54. The van der Waals surface area contributed by atoms with Crippen LogP contribution in [-0.4, -0.2) is 9.52 Å². The molecule has 0 saturated heterocycles. The van der Waals surface area contributed by atoms with Crippen molar-refractivity contribution in [1.29, 1.82) is 0 Å². The maximum absolute atomic E-state index is 2.27. The van der Waals surface area contributed by atoms with Crippen LogP contribution in [0.1, 0.15) is 18.1 Å². The van der Waals surface area contributed by atoms with E-state index in [1.165, 1.54) is 17.2 Å². The van der Waals surface area contributed by atoms with Gasteiger partial charge < -0.3 is 0 Å². The minimum Gasteiger partial charge on any atom is -0.0679 e. The van der Waals surface area contributed by atoms with Gasteiger partial charge in [0.2, 0.25) is 0 Å². The molecule has 1 aromatic rings. The van der Waals surface area contributed by atoms with E-state index in [0.717, 1.165) is 0 Å². The zero-order chi connectivity index (χ0) is 8.27. The van der Waals surface area contributed by atoms with Crippen LogP contribution in [0, 0.1) is 13.8 Å². The highest BCUT2D eigenvalue weighted by molar-refractivity contribution is 6.53. The van der Waals surface area contributed by atoms with Crippen molar-refractivity contribution in [2.75, 3.05) is 0 Å². The smallest absolute Gasteiger partial charge is 0.0668 e. The Labute approximate surface area is 71.5 Å². The van der Waals surface area contributed by atoms with Gasteiger partial charge >= 0.3 is 0 Å². The van der Waals surface area contributed by atoms with Crippen LogP contribution in [0.25, 0.3) is 0 Å². The summed E-state index contributed by atoms with van der Waals surface area (Å²) in [6, 6.07) is 7.94. The molecular formula is C10H15Si. The molecule has 0 aliphatic heterocycles. The highest BCUT2D eigenvalue weighted by Crippen LogP contribution is 2.01. The van der Waals surface area contributed by atoms with E-state index in [1.807, 2.05) is 0 Å². The van der Waals surface area contributed by atoms with E-state index in [9.17, 15) is 0 Å². The molecule has 0 atom stereocenters. The van der Waals surface area contributed by atoms with Gasteiger partial charge in [-0.3, -0.25) is 0 Å². The summed E-state index contributed by atoms with van der Waals surface area (Å²) in [6.07, 6.45) is 0. The van der Waals surface area contributed by atoms with Gasteiger partial charge in [-0.05, 0) is 25.0 Å². The van der Waals surface area contributed by atoms with Crippen molar-refractivity contribution in [3.05, 3.63) is 29.3 Å². The van der Waals surface area contributed by atoms with Gasteiger partial charge in [0.05, 0.1) is 9.52 Å². The summed E-state index contributed by atoms with van der Waals surface area (Å²) in [5.41, 5.74) is 2.94. The Morgan fingerprint density at radius 1 is 1.27 bits per heavy atom. The predicted molar refractivity (Wildman–Crippen MR) is 53.2 cm³/mol. The number of benzene rings is 1. The van der Waals surface area contributed by atoms with E-state index in [0.29, 0.717) is 9.52 Å². The topological polar surface area (TPSA) is 0 Å². The lowest BCUT2D eigenvalue weighted by molar-refractivity contribution is 1.36. The summed E-state index contributed by atoms with van der Waals surface area (Å²) in [4.78, 5) is 0.